The third-order valence-electron chi connectivity index (χ3n) is 3.83. The summed E-state index contributed by atoms with van der Waals surface area (Å²) < 4.78 is 0. The Labute approximate surface area is 142 Å². The summed E-state index contributed by atoms with van der Waals surface area (Å²) in [6.45, 7) is 2.71. The van der Waals surface area contributed by atoms with Crippen molar-refractivity contribution in [3.05, 3.63) is 62.4 Å². The fourth-order valence-corrected chi connectivity index (χ4v) is 3.82. The fraction of sp³-hybridized carbons (Fsp3) is 0.500. The summed E-state index contributed by atoms with van der Waals surface area (Å²) in [5, 5.41) is 3.65. The molecule has 0 saturated heterocycles. The van der Waals surface area contributed by atoms with Crippen molar-refractivity contribution in [2.75, 3.05) is 6.54 Å². The van der Waals surface area contributed by atoms with Gasteiger partial charge in [-0.1, -0.05) is 24.5 Å². The van der Waals surface area contributed by atoms with Crippen molar-refractivity contribution in [1.29, 1.82) is 0 Å². The predicted octanol–water partition coefficient (Wildman–Crippen LogP) is 5.59. The number of hydrogen-bond donors (Lipinski definition) is 0. The van der Waals surface area contributed by atoms with Crippen LogP contribution in [0, 0.1) is 5.92 Å². The van der Waals surface area contributed by atoms with E-state index in [0.29, 0.717) is 12.5 Å². The van der Waals surface area contributed by atoms with Gasteiger partial charge in [-0.05, 0) is 67.3 Å². The molecule has 0 aliphatic heterocycles. The van der Waals surface area contributed by atoms with Gasteiger partial charge in [-0.3, -0.25) is 4.98 Å². The molecule has 0 saturated carbocycles. The molecule has 2 aromatic rings. The normalized spacial score (nSPS) is 11.9. The minimum Gasteiger partial charge on any atom is -0.264 e. The van der Waals surface area contributed by atoms with E-state index in [4.69, 9.17) is 5.53 Å². The van der Waals surface area contributed by atoms with Gasteiger partial charge >= 0.3 is 0 Å². The van der Waals surface area contributed by atoms with Crippen molar-refractivity contribution >= 4 is 11.3 Å². The van der Waals surface area contributed by atoms with Crippen LogP contribution in [0.3, 0.4) is 0 Å². The third kappa shape index (κ3) is 6.85. The van der Waals surface area contributed by atoms with Crippen LogP contribution >= 0.6 is 11.3 Å². The molecule has 0 bridgehead atoms. The first-order valence-electron chi connectivity index (χ1n) is 8.25. The van der Waals surface area contributed by atoms with Gasteiger partial charge < -0.3 is 0 Å². The summed E-state index contributed by atoms with van der Waals surface area (Å²) in [6.07, 6.45) is 10.8. The highest BCUT2D eigenvalue weighted by molar-refractivity contribution is 7.11. The summed E-state index contributed by atoms with van der Waals surface area (Å²) in [4.78, 5) is 9.85. The number of pyridine rings is 1. The lowest BCUT2D eigenvalue weighted by Crippen LogP contribution is -2.01. The Bertz CT molecular complexity index is 617. The molecule has 122 valence electrons. The van der Waals surface area contributed by atoms with E-state index in [2.05, 4.69) is 40.1 Å². The van der Waals surface area contributed by atoms with Gasteiger partial charge in [0.2, 0.25) is 0 Å². The van der Waals surface area contributed by atoms with Gasteiger partial charge in [0.1, 0.15) is 0 Å². The zero-order valence-corrected chi connectivity index (χ0v) is 14.5. The van der Waals surface area contributed by atoms with Gasteiger partial charge in [0.05, 0.1) is 0 Å². The van der Waals surface area contributed by atoms with E-state index in [9.17, 15) is 0 Å². The van der Waals surface area contributed by atoms with Crippen LogP contribution in [0.4, 0.5) is 0 Å². The number of azide groups is 1. The summed E-state index contributed by atoms with van der Waals surface area (Å²) in [7, 11) is 0. The number of aryl methyl sites for hydroxylation is 2. The van der Waals surface area contributed by atoms with Crippen LogP contribution in [-0.2, 0) is 19.3 Å². The van der Waals surface area contributed by atoms with E-state index < -0.39 is 0 Å². The van der Waals surface area contributed by atoms with Crippen molar-refractivity contribution < 1.29 is 0 Å². The molecule has 5 heteroatoms. The third-order valence-corrected chi connectivity index (χ3v) is 5.00. The maximum absolute atomic E-state index is 8.36. The first-order chi connectivity index (χ1) is 11.3. The highest BCUT2D eigenvalue weighted by atomic mass is 32.1. The molecule has 23 heavy (non-hydrogen) atoms. The molecule has 0 amide bonds. The van der Waals surface area contributed by atoms with Gasteiger partial charge in [0.25, 0.3) is 0 Å². The molecule has 4 nitrogen and oxygen atoms in total. The average molecular weight is 328 g/mol. The number of rotatable bonds is 10. The summed E-state index contributed by atoms with van der Waals surface area (Å²) in [5.74, 6) is 0.414. The molecule has 0 aliphatic carbocycles. The van der Waals surface area contributed by atoms with Gasteiger partial charge in [-0.25, -0.2) is 0 Å². The Morgan fingerprint density at radius 3 is 2.78 bits per heavy atom. The van der Waals surface area contributed by atoms with Crippen molar-refractivity contribution in [2.24, 2.45) is 11.0 Å². The SMILES string of the molecule is CC(CN=[N+]=[N-])Cc1ccc(CCCCCc2cccnc2)s1. The molecule has 2 rings (SSSR count). The Morgan fingerprint density at radius 2 is 2.00 bits per heavy atom. The van der Waals surface area contributed by atoms with Crippen LogP contribution in [0.25, 0.3) is 10.4 Å². The van der Waals surface area contributed by atoms with Gasteiger partial charge in [-0.15, -0.1) is 11.3 Å². The Balaban J connectivity index is 1.63. The molecule has 0 radical (unpaired) electrons. The minimum absolute atomic E-state index is 0.414. The number of nitrogens with zero attached hydrogens (tertiary/aromatic N) is 4. The smallest absolute Gasteiger partial charge is 0.0299 e. The molecule has 0 aliphatic rings. The Hall–Kier alpha value is -1.84. The van der Waals surface area contributed by atoms with Crippen LogP contribution < -0.4 is 0 Å². The highest BCUT2D eigenvalue weighted by Crippen LogP contribution is 2.22. The first kappa shape index (κ1) is 17.5. The minimum atomic E-state index is 0.414. The summed E-state index contributed by atoms with van der Waals surface area (Å²) in [5.41, 5.74) is 9.69. The number of unbranched alkanes of at least 4 members (excludes halogenated alkanes) is 2. The lowest BCUT2D eigenvalue weighted by Gasteiger charge is -2.04. The van der Waals surface area contributed by atoms with E-state index in [0.717, 1.165) is 12.8 Å². The Morgan fingerprint density at radius 1 is 1.17 bits per heavy atom. The second-order valence-corrected chi connectivity index (χ2v) is 7.27. The maximum Gasteiger partial charge on any atom is 0.0299 e. The lowest BCUT2D eigenvalue weighted by atomic mass is 10.1. The maximum atomic E-state index is 8.36. The second kappa shape index (κ2) is 10.0. The molecular formula is C18H24N4S. The van der Waals surface area contributed by atoms with E-state index in [-0.39, 0.29) is 0 Å². The summed E-state index contributed by atoms with van der Waals surface area (Å²) in [6, 6.07) is 8.63. The van der Waals surface area contributed by atoms with E-state index in [1.54, 1.807) is 0 Å². The number of hydrogen-bond acceptors (Lipinski definition) is 3. The number of thiophene rings is 1. The molecule has 0 N–H and O–H groups in total. The van der Waals surface area contributed by atoms with Crippen molar-refractivity contribution in [3.63, 3.8) is 0 Å². The zero-order valence-electron chi connectivity index (χ0n) is 13.7. The first-order valence-corrected chi connectivity index (χ1v) is 9.07. The van der Waals surface area contributed by atoms with Crippen LogP contribution in [0.1, 0.15) is 41.5 Å². The van der Waals surface area contributed by atoms with E-state index in [1.165, 1.54) is 41.0 Å². The molecule has 0 spiro atoms. The number of aromatic nitrogens is 1. The quantitative estimate of drug-likeness (QED) is 0.243. The van der Waals surface area contributed by atoms with E-state index in [1.807, 2.05) is 29.8 Å². The van der Waals surface area contributed by atoms with Crippen molar-refractivity contribution in [1.82, 2.24) is 4.98 Å². The van der Waals surface area contributed by atoms with Gasteiger partial charge in [0, 0.05) is 33.6 Å². The molecule has 1 unspecified atom stereocenters. The van der Waals surface area contributed by atoms with Crippen molar-refractivity contribution in [3.8, 4) is 0 Å². The molecular weight excluding hydrogens is 304 g/mol. The van der Waals surface area contributed by atoms with Crippen LogP contribution in [0.5, 0.6) is 0 Å². The fourth-order valence-electron chi connectivity index (χ4n) is 2.60. The second-order valence-electron chi connectivity index (χ2n) is 6.01. The average Bonchev–Trinajstić information content (AvgIpc) is 3.01. The molecule has 0 aromatic carbocycles. The van der Waals surface area contributed by atoms with Crippen LogP contribution in [-0.4, -0.2) is 11.5 Å². The zero-order chi connectivity index (χ0) is 16.3. The van der Waals surface area contributed by atoms with Crippen molar-refractivity contribution in [2.45, 2.75) is 45.4 Å². The molecule has 1 atom stereocenters. The monoisotopic (exact) mass is 328 g/mol. The largest absolute Gasteiger partial charge is 0.264 e. The standard InChI is InChI=1S/C18H24N4S/c1-15(13-21-22-19)12-18-10-9-17(23-18)8-4-2-3-6-16-7-5-11-20-14-16/h5,7,9-11,14-15H,2-4,6,8,12-13H2,1H3. The molecule has 2 aromatic heterocycles. The Kier molecular flexibility index (Phi) is 7.64. The van der Waals surface area contributed by atoms with E-state index >= 15 is 0 Å². The topological polar surface area (TPSA) is 61.7 Å². The van der Waals surface area contributed by atoms with Gasteiger partial charge in [0.15, 0.2) is 0 Å². The molecule has 2 heterocycles. The van der Waals surface area contributed by atoms with Gasteiger partial charge in [-0.2, -0.15) is 0 Å². The molecule has 0 fully saturated rings. The summed E-state index contributed by atoms with van der Waals surface area (Å²) >= 11 is 1.90. The highest BCUT2D eigenvalue weighted by Gasteiger charge is 2.06. The van der Waals surface area contributed by atoms with Crippen LogP contribution in [0.15, 0.2) is 41.8 Å². The predicted molar refractivity (Wildman–Crippen MR) is 96.7 cm³/mol. The van der Waals surface area contributed by atoms with Crippen LogP contribution in [0.2, 0.25) is 0 Å². The lowest BCUT2D eigenvalue weighted by molar-refractivity contribution is 0.596.